The molecule has 154 valence electrons. The van der Waals surface area contributed by atoms with E-state index in [-0.39, 0.29) is 0 Å². The lowest BCUT2D eigenvalue weighted by atomic mass is 9.59. The van der Waals surface area contributed by atoms with E-state index in [4.69, 9.17) is 16.3 Å². The molecule has 0 spiro atoms. The van der Waals surface area contributed by atoms with E-state index in [9.17, 15) is 0 Å². The van der Waals surface area contributed by atoms with Crippen molar-refractivity contribution in [1.82, 2.24) is 4.90 Å². The summed E-state index contributed by atoms with van der Waals surface area (Å²) in [7, 11) is 4.47. The first-order valence-electron chi connectivity index (χ1n) is 11.1. The average molecular weight is 394 g/mol. The number of halogens is 1. The first-order chi connectivity index (χ1) is 13.1. The van der Waals surface area contributed by atoms with Crippen LogP contribution in [0.3, 0.4) is 0 Å². The normalized spacial score (nSPS) is 17.1. The van der Waals surface area contributed by atoms with E-state index in [1.165, 1.54) is 69.8 Å². The molecule has 0 heterocycles. The van der Waals surface area contributed by atoms with Gasteiger partial charge in [0.25, 0.3) is 0 Å². The summed E-state index contributed by atoms with van der Waals surface area (Å²) < 4.78 is 5.92. The Labute approximate surface area is 172 Å². The maximum atomic E-state index is 6.12. The average Bonchev–Trinajstić information content (AvgIpc) is 2.62. The minimum Gasteiger partial charge on any atom is -0.381 e. The van der Waals surface area contributed by atoms with Gasteiger partial charge in [0.1, 0.15) is 0 Å². The minimum atomic E-state index is 0.299. The number of hydrogen-bond acceptors (Lipinski definition) is 2. The first-order valence-corrected chi connectivity index (χ1v) is 11.5. The fraction of sp³-hybridized carbons (Fsp3) is 0.750. The molecule has 1 aliphatic rings. The summed E-state index contributed by atoms with van der Waals surface area (Å²) in [5.41, 5.74) is 1.76. The number of likely N-dealkylation sites (N-methyl/N-ethyl adjacent to an activating group) is 1. The van der Waals surface area contributed by atoms with Crippen molar-refractivity contribution in [1.29, 1.82) is 0 Å². The lowest BCUT2D eigenvalue weighted by Gasteiger charge is -2.51. The van der Waals surface area contributed by atoms with Gasteiger partial charge in [0, 0.05) is 29.7 Å². The minimum absolute atomic E-state index is 0.299. The van der Waals surface area contributed by atoms with Gasteiger partial charge in [-0.1, -0.05) is 69.2 Å². The topological polar surface area (TPSA) is 12.5 Å². The van der Waals surface area contributed by atoms with Crippen LogP contribution in [0.4, 0.5) is 0 Å². The summed E-state index contributed by atoms with van der Waals surface area (Å²) in [4.78, 5) is 2.43. The van der Waals surface area contributed by atoms with Crippen molar-refractivity contribution in [2.75, 3.05) is 27.3 Å². The third kappa shape index (κ3) is 6.76. The maximum Gasteiger partial charge on any atom is 0.0466 e. The van der Waals surface area contributed by atoms with E-state index < -0.39 is 0 Å². The number of hydrogen-bond donors (Lipinski definition) is 0. The van der Waals surface area contributed by atoms with Crippen molar-refractivity contribution in [3.05, 3.63) is 34.9 Å². The highest BCUT2D eigenvalue weighted by Gasteiger charge is 2.45. The number of ether oxygens (including phenoxy) is 1. The van der Waals surface area contributed by atoms with E-state index in [1.54, 1.807) is 0 Å². The Bertz CT molecular complexity index is 510. The Hall–Kier alpha value is -0.570. The number of rotatable bonds is 14. The summed E-state index contributed by atoms with van der Waals surface area (Å²) in [5.74, 6) is 0. The van der Waals surface area contributed by atoms with E-state index in [0.29, 0.717) is 11.5 Å². The second kappa shape index (κ2) is 12.1. The molecule has 1 aliphatic carbocycles. The predicted molar refractivity (Wildman–Crippen MR) is 118 cm³/mol. The molecule has 3 heteroatoms. The second-order valence-electron chi connectivity index (χ2n) is 8.52. The van der Waals surface area contributed by atoms with Crippen LogP contribution in [0.5, 0.6) is 0 Å². The third-order valence-corrected chi connectivity index (χ3v) is 6.59. The van der Waals surface area contributed by atoms with Crippen LogP contribution in [-0.4, -0.2) is 38.3 Å². The highest BCUT2D eigenvalue weighted by molar-refractivity contribution is 6.30. The summed E-state index contributed by atoms with van der Waals surface area (Å²) in [6.45, 7) is 4.10. The molecule has 0 aromatic heterocycles. The van der Waals surface area contributed by atoms with Crippen LogP contribution < -0.4 is 0 Å². The van der Waals surface area contributed by atoms with Gasteiger partial charge < -0.3 is 9.64 Å². The first kappa shape index (κ1) is 22.7. The molecule has 27 heavy (non-hydrogen) atoms. The van der Waals surface area contributed by atoms with Gasteiger partial charge in [-0.25, -0.2) is 0 Å². The van der Waals surface area contributed by atoms with Crippen LogP contribution in [0.15, 0.2) is 24.3 Å². The van der Waals surface area contributed by atoms with Crippen LogP contribution in [0, 0.1) is 0 Å². The molecule has 0 aliphatic heterocycles. The Morgan fingerprint density at radius 3 is 2.19 bits per heavy atom. The molecular formula is C24H40ClNO. The van der Waals surface area contributed by atoms with Gasteiger partial charge >= 0.3 is 0 Å². The van der Waals surface area contributed by atoms with Gasteiger partial charge in [-0.15, -0.1) is 0 Å². The summed E-state index contributed by atoms with van der Waals surface area (Å²) >= 11 is 6.12. The largest absolute Gasteiger partial charge is 0.381 e. The van der Waals surface area contributed by atoms with Crippen LogP contribution in [0.1, 0.15) is 83.1 Å². The lowest BCUT2D eigenvalue weighted by Crippen LogP contribution is -2.52. The quantitative estimate of drug-likeness (QED) is 0.320. The van der Waals surface area contributed by atoms with Crippen LogP contribution in [0.2, 0.25) is 5.02 Å². The van der Waals surface area contributed by atoms with Gasteiger partial charge in [0.05, 0.1) is 0 Å². The number of unbranched alkanes of at least 4 members (excludes halogenated alkanes) is 5. The second-order valence-corrected chi connectivity index (χ2v) is 8.95. The molecular weight excluding hydrogens is 354 g/mol. The van der Waals surface area contributed by atoms with Gasteiger partial charge in [0.15, 0.2) is 0 Å². The van der Waals surface area contributed by atoms with Crippen molar-refractivity contribution in [3.8, 4) is 0 Å². The van der Waals surface area contributed by atoms with Crippen molar-refractivity contribution in [2.45, 2.75) is 89.0 Å². The van der Waals surface area contributed by atoms with Gasteiger partial charge in [0.2, 0.25) is 0 Å². The standard InChI is InChI=1S/C24H40ClNO/c1-4-5-6-7-8-9-19-27-20-10-12-23(26(2)3)24(17-11-18-24)21-13-15-22(25)16-14-21/h13-16,23H,4-12,17-20H2,1-3H3. The van der Waals surface area contributed by atoms with Crippen molar-refractivity contribution >= 4 is 11.6 Å². The molecule has 0 N–H and O–H groups in total. The summed E-state index contributed by atoms with van der Waals surface area (Å²) in [6, 6.07) is 9.16. The molecule has 0 amide bonds. The lowest BCUT2D eigenvalue weighted by molar-refractivity contribution is 0.0722. The fourth-order valence-corrected chi connectivity index (χ4v) is 4.77. The smallest absolute Gasteiger partial charge is 0.0466 e. The zero-order valence-corrected chi connectivity index (χ0v) is 18.6. The predicted octanol–water partition coefficient (Wildman–Crippen LogP) is 6.85. The zero-order chi connectivity index (χ0) is 19.5. The molecule has 1 aromatic carbocycles. The van der Waals surface area contributed by atoms with Crippen LogP contribution in [0.25, 0.3) is 0 Å². The van der Waals surface area contributed by atoms with E-state index in [2.05, 4.69) is 38.1 Å². The van der Waals surface area contributed by atoms with Gasteiger partial charge in [-0.3, -0.25) is 0 Å². The fourth-order valence-electron chi connectivity index (χ4n) is 4.65. The number of benzene rings is 1. The zero-order valence-electron chi connectivity index (χ0n) is 17.8. The SMILES string of the molecule is CCCCCCCCOCCCC(N(C)C)C1(c2ccc(Cl)cc2)CCC1. The van der Waals surface area contributed by atoms with Gasteiger partial charge in [-0.05, 0) is 63.9 Å². The molecule has 1 unspecified atom stereocenters. The summed E-state index contributed by atoms with van der Waals surface area (Å²) in [5, 5.41) is 0.831. The summed E-state index contributed by atoms with van der Waals surface area (Å²) in [6.07, 6.45) is 14.2. The molecule has 0 bridgehead atoms. The van der Waals surface area contributed by atoms with Crippen LogP contribution in [-0.2, 0) is 10.2 Å². The Balaban J connectivity index is 1.74. The van der Waals surface area contributed by atoms with E-state index in [1.807, 2.05) is 12.1 Å². The highest BCUT2D eigenvalue weighted by Crippen LogP contribution is 2.49. The maximum absolute atomic E-state index is 6.12. The Morgan fingerprint density at radius 1 is 0.963 bits per heavy atom. The molecule has 0 saturated heterocycles. The number of nitrogens with zero attached hydrogens (tertiary/aromatic N) is 1. The molecule has 1 saturated carbocycles. The van der Waals surface area contributed by atoms with Crippen molar-refractivity contribution in [3.63, 3.8) is 0 Å². The van der Waals surface area contributed by atoms with Gasteiger partial charge in [-0.2, -0.15) is 0 Å². The molecule has 1 fully saturated rings. The van der Waals surface area contributed by atoms with E-state index in [0.717, 1.165) is 24.7 Å². The van der Waals surface area contributed by atoms with Crippen LogP contribution >= 0.6 is 11.6 Å². The van der Waals surface area contributed by atoms with Crippen molar-refractivity contribution < 1.29 is 4.74 Å². The molecule has 2 rings (SSSR count). The van der Waals surface area contributed by atoms with Crippen molar-refractivity contribution in [2.24, 2.45) is 0 Å². The Morgan fingerprint density at radius 2 is 1.59 bits per heavy atom. The van der Waals surface area contributed by atoms with E-state index >= 15 is 0 Å². The Kier molecular flexibility index (Phi) is 10.2. The highest BCUT2D eigenvalue weighted by atomic mass is 35.5. The molecule has 1 aromatic rings. The third-order valence-electron chi connectivity index (χ3n) is 6.33. The molecule has 2 nitrogen and oxygen atoms in total. The monoisotopic (exact) mass is 393 g/mol. The molecule has 1 atom stereocenters. The molecule has 0 radical (unpaired) electrons.